The summed E-state index contributed by atoms with van der Waals surface area (Å²) < 4.78 is 0. The summed E-state index contributed by atoms with van der Waals surface area (Å²) in [6.07, 6.45) is 3.80. The fourth-order valence-corrected chi connectivity index (χ4v) is 3.45. The van der Waals surface area contributed by atoms with Crippen LogP contribution in [0.15, 0.2) is 23.1 Å². The summed E-state index contributed by atoms with van der Waals surface area (Å²) in [4.78, 5) is 14.4. The molecule has 1 aromatic carbocycles. The fourth-order valence-electron chi connectivity index (χ4n) is 2.88. The van der Waals surface area contributed by atoms with E-state index in [2.05, 4.69) is 6.07 Å². The number of carboxylic acid groups (broad SMARTS) is 1. The predicted octanol–water partition coefficient (Wildman–Crippen LogP) is 2.97. The third-order valence-electron chi connectivity index (χ3n) is 3.83. The van der Waals surface area contributed by atoms with Gasteiger partial charge in [0.2, 0.25) is 0 Å². The molecule has 0 spiro atoms. The zero-order valence-electron chi connectivity index (χ0n) is 11.7. The number of nitriles is 1. The van der Waals surface area contributed by atoms with Gasteiger partial charge in [0.25, 0.3) is 0 Å². The van der Waals surface area contributed by atoms with Crippen molar-refractivity contribution in [2.45, 2.75) is 30.7 Å². The Morgan fingerprint density at radius 3 is 2.90 bits per heavy atom. The molecule has 0 radical (unpaired) electrons. The molecule has 0 amide bonds. The summed E-state index contributed by atoms with van der Waals surface area (Å²) in [5.41, 5.74) is 1.33. The Morgan fingerprint density at radius 1 is 1.55 bits per heavy atom. The molecule has 1 aliphatic heterocycles. The molecule has 1 aromatic rings. The topological polar surface area (TPSA) is 64.3 Å². The van der Waals surface area contributed by atoms with Crippen LogP contribution < -0.4 is 4.90 Å². The molecule has 0 bridgehead atoms. The molecule has 1 saturated heterocycles. The number of nitrogens with zero attached hydrogens (tertiary/aromatic N) is 2. The van der Waals surface area contributed by atoms with E-state index in [1.165, 1.54) is 11.8 Å². The van der Waals surface area contributed by atoms with Gasteiger partial charge in [-0.3, -0.25) is 0 Å². The second kappa shape index (κ2) is 6.19. The van der Waals surface area contributed by atoms with Crippen LogP contribution in [0.1, 0.15) is 25.3 Å². The molecule has 106 valence electrons. The number of carbonyl (C=O) groups is 1. The van der Waals surface area contributed by atoms with Crippen LogP contribution in [0, 0.1) is 17.2 Å². The molecule has 2 unspecified atom stereocenters. The van der Waals surface area contributed by atoms with Gasteiger partial charge in [0.15, 0.2) is 0 Å². The Bertz CT molecular complexity index is 553. The summed E-state index contributed by atoms with van der Waals surface area (Å²) >= 11 is 1.51. The first-order valence-electron chi connectivity index (χ1n) is 6.66. The number of carboxylic acids is 1. The predicted molar refractivity (Wildman–Crippen MR) is 80.1 cm³/mol. The number of hydrogen-bond donors (Lipinski definition) is 1. The average Bonchev–Trinajstić information content (AvgIpc) is 2.45. The van der Waals surface area contributed by atoms with Crippen LogP contribution in [0.4, 0.5) is 5.69 Å². The summed E-state index contributed by atoms with van der Waals surface area (Å²) in [6.45, 7) is 2.66. The zero-order chi connectivity index (χ0) is 14.7. The van der Waals surface area contributed by atoms with Gasteiger partial charge >= 0.3 is 5.97 Å². The van der Waals surface area contributed by atoms with E-state index in [4.69, 9.17) is 0 Å². The number of hydrogen-bond acceptors (Lipinski definition) is 4. The van der Waals surface area contributed by atoms with Gasteiger partial charge in [-0.1, -0.05) is 13.0 Å². The van der Waals surface area contributed by atoms with Crippen LogP contribution in [-0.4, -0.2) is 29.9 Å². The lowest BCUT2D eigenvalue weighted by molar-refractivity contribution is -0.140. The molecule has 20 heavy (non-hydrogen) atoms. The Kier molecular flexibility index (Phi) is 4.56. The van der Waals surface area contributed by atoms with E-state index in [1.54, 1.807) is 0 Å². The van der Waals surface area contributed by atoms with Crippen molar-refractivity contribution in [1.29, 1.82) is 5.26 Å². The Hall–Kier alpha value is -1.67. The van der Waals surface area contributed by atoms with Crippen molar-refractivity contribution in [3.05, 3.63) is 23.8 Å². The van der Waals surface area contributed by atoms with Gasteiger partial charge in [-0.05, 0) is 37.1 Å². The standard InChI is InChI=1S/C15H18N2O2S/c1-10-5-4-8-17(14(10)15(18)19)12-6-3-7-13(20-2)11(12)9-16/h3,6-7,10,14H,4-5,8H2,1-2H3,(H,18,19). The molecule has 1 aliphatic rings. The Morgan fingerprint density at radius 2 is 2.30 bits per heavy atom. The van der Waals surface area contributed by atoms with Crippen LogP contribution in [0.2, 0.25) is 0 Å². The number of rotatable bonds is 3. The summed E-state index contributed by atoms with van der Waals surface area (Å²) in [7, 11) is 0. The number of piperidine rings is 1. The van der Waals surface area contributed by atoms with E-state index in [1.807, 2.05) is 36.3 Å². The lowest BCUT2D eigenvalue weighted by Crippen LogP contribution is -2.49. The summed E-state index contributed by atoms with van der Waals surface area (Å²) in [6, 6.07) is 7.32. The third kappa shape index (κ3) is 2.61. The van der Waals surface area contributed by atoms with E-state index in [0.29, 0.717) is 12.1 Å². The lowest BCUT2D eigenvalue weighted by atomic mass is 9.90. The number of aliphatic carboxylic acids is 1. The highest BCUT2D eigenvalue weighted by atomic mass is 32.2. The largest absolute Gasteiger partial charge is 0.480 e. The summed E-state index contributed by atoms with van der Waals surface area (Å²) in [5, 5.41) is 18.9. The minimum atomic E-state index is -0.810. The Labute approximate surface area is 123 Å². The quantitative estimate of drug-likeness (QED) is 0.867. The highest BCUT2D eigenvalue weighted by Gasteiger charge is 2.35. The molecule has 2 atom stereocenters. The van der Waals surface area contributed by atoms with Gasteiger partial charge in [0.1, 0.15) is 12.1 Å². The van der Waals surface area contributed by atoms with E-state index >= 15 is 0 Å². The normalized spacial score (nSPS) is 22.4. The molecule has 4 nitrogen and oxygen atoms in total. The van der Waals surface area contributed by atoms with Gasteiger partial charge in [0, 0.05) is 11.4 Å². The van der Waals surface area contributed by atoms with E-state index < -0.39 is 12.0 Å². The van der Waals surface area contributed by atoms with Crippen LogP contribution in [0.3, 0.4) is 0 Å². The minimum Gasteiger partial charge on any atom is -0.480 e. The van der Waals surface area contributed by atoms with Crippen molar-refractivity contribution in [2.24, 2.45) is 5.92 Å². The van der Waals surface area contributed by atoms with Crippen molar-refractivity contribution in [3.8, 4) is 6.07 Å². The van der Waals surface area contributed by atoms with E-state index in [-0.39, 0.29) is 5.92 Å². The molecule has 1 heterocycles. The number of anilines is 1. The lowest BCUT2D eigenvalue weighted by Gasteiger charge is -2.39. The van der Waals surface area contributed by atoms with Crippen molar-refractivity contribution in [1.82, 2.24) is 0 Å². The second-order valence-corrected chi connectivity index (χ2v) is 5.91. The van der Waals surface area contributed by atoms with Crippen molar-refractivity contribution in [3.63, 3.8) is 0 Å². The second-order valence-electron chi connectivity index (χ2n) is 5.06. The van der Waals surface area contributed by atoms with Gasteiger partial charge in [-0.25, -0.2) is 4.79 Å². The monoisotopic (exact) mass is 290 g/mol. The SMILES string of the molecule is CSc1cccc(N2CCCC(C)C2C(=O)O)c1C#N. The van der Waals surface area contributed by atoms with Gasteiger partial charge < -0.3 is 10.0 Å². The van der Waals surface area contributed by atoms with Crippen molar-refractivity contribution < 1.29 is 9.90 Å². The Balaban J connectivity index is 2.49. The van der Waals surface area contributed by atoms with E-state index in [0.717, 1.165) is 23.4 Å². The fraction of sp³-hybridized carbons (Fsp3) is 0.467. The molecular formula is C15H18N2O2S. The highest BCUT2D eigenvalue weighted by Crippen LogP contribution is 2.34. The van der Waals surface area contributed by atoms with Crippen molar-refractivity contribution >= 4 is 23.4 Å². The summed E-state index contributed by atoms with van der Waals surface area (Å²) in [5.74, 6) is -0.721. The van der Waals surface area contributed by atoms with Gasteiger partial charge in [-0.15, -0.1) is 11.8 Å². The van der Waals surface area contributed by atoms with Crippen LogP contribution >= 0.6 is 11.8 Å². The molecule has 0 aliphatic carbocycles. The van der Waals surface area contributed by atoms with Crippen LogP contribution in [-0.2, 0) is 4.79 Å². The first kappa shape index (κ1) is 14.7. The number of benzene rings is 1. The van der Waals surface area contributed by atoms with E-state index in [9.17, 15) is 15.2 Å². The maximum atomic E-state index is 11.6. The molecule has 0 saturated carbocycles. The van der Waals surface area contributed by atoms with Crippen molar-refractivity contribution in [2.75, 3.05) is 17.7 Å². The maximum absolute atomic E-state index is 11.6. The molecular weight excluding hydrogens is 272 g/mol. The van der Waals surface area contributed by atoms with Crippen LogP contribution in [0.25, 0.3) is 0 Å². The van der Waals surface area contributed by atoms with Gasteiger partial charge in [-0.2, -0.15) is 5.26 Å². The molecule has 2 rings (SSSR count). The molecule has 0 aromatic heterocycles. The smallest absolute Gasteiger partial charge is 0.326 e. The van der Waals surface area contributed by atoms with Crippen LogP contribution in [0.5, 0.6) is 0 Å². The zero-order valence-corrected chi connectivity index (χ0v) is 12.5. The molecule has 1 fully saturated rings. The highest BCUT2D eigenvalue weighted by molar-refractivity contribution is 7.98. The molecule has 5 heteroatoms. The first-order chi connectivity index (χ1) is 9.60. The maximum Gasteiger partial charge on any atom is 0.326 e. The average molecular weight is 290 g/mol. The number of thioether (sulfide) groups is 1. The minimum absolute atomic E-state index is 0.0886. The molecule has 1 N–H and O–H groups in total. The first-order valence-corrected chi connectivity index (χ1v) is 7.89. The van der Waals surface area contributed by atoms with Gasteiger partial charge in [0.05, 0.1) is 11.3 Å². The third-order valence-corrected chi connectivity index (χ3v) is 4.61.